The summed E-state index contributed by atoms with van der Waals surface area (Å²) >= 11 is 0. The number of fused-ring (bicyclic) bond motifs is 1. The van der Waals surface area contributed by atoms with Crippen LogP contribution in [0.3, 0.4) is 0 Å². The molecule has 0 aromatic heterocycles. The molecule has 0 aliphatic heterocycles. The second-order valence-electron chi connectivity index (χ2n) is 4.24. The van der Waals surface area contributed by atoms with Crippen LogP contribution in [0.5, 0.6) is 5.75 Å². The van der Waals surface area contributed by atoms with Crippen LogP contribution < -0.4 is 15.4 Å². The Morgan fingerprint density at radius 2 is 1.95 bits per heavy atom. The van der Waals surface area contributed by atoms with Gasteiger partial charge in [0.2, 0.25) is 5.91 Å². The van der Waals surface area contributed by atoms with Crippen molar-refractivity contribution in [3.63, 3.8) is 0 Å². The van der Waals surface area contributed by atoms with Crippen molar-refractivity contribution in [2.45, 2.75) is 0 Å². The maximum atomic E-state index is 11.2. The van der Waals surface area contributed by atoms with Crippen LogP contribution in [0.1, 0.15) is 0 Å². The average Bonchev–Trinajstić information content (AvgIpc) is 2.44. The number of ether oxygens (including phenoxy) is 1. The number of amides is 1. The van der Waals surface area contributed by atoms with E-state index < -0.39 is 0 Å². The summed E-state index contributed by atoms with van der Waals surface area (Å²) in [4.78, 5) is 11.2. The van der Waals surface area contributed by atoms with E-state index in [2.05, 4.69) is 22.8 Å². The molecule has 0 fully saturated rings. The number of carbonyl (C=O) groups excluding carboxylic acids is 1. The van der Waals surface area contributed by atoms with E-state index in [9.17, 15) is 4.79 Å². The molecule has 0 aliphatic carbocycles. The van der Waals surface area contributed by atoms with Crippen molar-refractivity contribution in [2.75, 3.05) is 26.7 Å². The van der Waals surface area contributed by atoms with Gasteiger partial charge in [-0.3, -0.25) is 4.79 Å². The van der Waals surface area contributed by atoms with Crippen molar-refractivity contribution in [3.05, 3.63) is 42.5 Å². The molecule has 0 radical (unpaired) electrons. The summed E-state index contributed by atoms with van der Waals surface area (Å²) in [5.41, 5.74) is 0. The average molecular weight is 258 g/mol. The molecule has 2 rings (SSSR count). The SMILES string of the molecule is CNCC(=O)NCCOc1ccc2ccccc2c1. The van der Waals surface area contributed by atoms with Gasteiger partial charge in [-0.2, -0.15) is 0 Å². The second kappa shape index (κ2) is 6.75. The van der Waals surface area contributed by atoms with Crippen LogP contribution in [-0.2, 0) is 4.79 Å². The Morgan fingerprint density at radius 3 is 2.74 bits per heavy atom. The lowest BCUT2D eigenvalue weighted by atomic mass is 10.1. The van der Waals surface area contributed by atoms with Crippen molar-refractivity contribution in [2.24, 2.45) is 0 Å². The van der Waals surface area contributed by atoms with Gasteiger partial charge >= 0.3 is 0 Å². The summed E-state index contributed by atoms with van der Waals surface area (Å²) in [5, 5.41) is 7.90. The maximum absolute atomic E-state index is 11.2. The number of hydrogen-bond acceptors (Lipinski definition) is 3. The standard InChI is InChI=1S/C15H18N2O2/c1-16-11-15(18)17-8-9-19-14-7-6-12-4-2-3-5-13(12)10-14/h2-7,10,16H,8-9,11H2,1H3,(H,17,18). The summed E-state index contributed by atoms with van der Waals surface area (Å²) in [7, 11) is 1.74. The smallest absolute Gasteiger partial charge is 0.234 e. The number of nitrogens with one attached hydrogen (secondary N) is 2. The van der Waals surface area contributed by atoms with E-state index in [4.69, 9.17) is 4.74 Å². The van der Waals surface area contributed by atoms with Crippen LogP contribution in [0, 0.1) is 0 Å². The monoisotopic (exact) mass is 258 g/mol. The minimum Gasteiger partial charge on any atom is -0.492 e. The fourth-order valence-corrected chi connectivity index (χ4v) is 1.84. The molecule has 0 atom stereocenters. The first-order chi connectivity index (χ1) is 9.29. The third-order valence-electron chi connectivity index (χ3n) is 2.75. The summed E-state index contributed by atoms with van der Waals surface area (Å²) < 4.78 is 5.61. The van der Waals surface area contributed by atoms with Crippen LogP contribution in [0.2, 0.25) is 0 Å². The largest absolute Gasteiger partial charge is 0.492 e. The zero-order valence-electron chi connectivity index (χ0n) is 11.0. The van der Waals surface area contributed by atoms with Gasteiger partial charge in [0.1, 0.15) is 12.4 Å². The molecule has 0 bridgehead atoms. The first-order valence-electron chi connectivity index (χ1n) is 6.32. The van der Waals surface area contributed by atoms with Crippen molar-refractivity contribution >= 4 is 16.7 Å². The van der Waals surface area contributed by atoms with Gasteiger partial charge in [-0.05, 0) is 30.0 Å². The first-order valence-corrected chi connectivity index (χ1v) is 6.32. The fraction of sp³-hybridized carbons (Fsp3) is 0.267. The summed E-state index contributed by atoms with van der Waals surface area (Å²) in [6, 6.07) is 14.1. The molecule has 4 nitrogen and oxygen atoms in total. The Hall–Kier alpha value is -2.07. The lowest BCUT2D eigenvalue weighted by molar-refractivity contribution is -0.120. The number of rotatable bonds is 6. The predicted octanol–water partition coefficient (Wildman–Crippen LogP) is 1.55. The van der Waals surface area contributed by atoms with Gasteiger partial charge in [0, 0.05) is 0 Å². The zero-order chi connectivity index (χ0) is 13.5. The topological polar surface area (TPSA) is 50.4 Å². The van der Waals surface area contributed by atoms with Crippen LogP contribution in [0.25, 0.3) is 10.8 Å². The highest BCUT2D eigenvalue weighted by molar-refractivity contribution is 5.83. The predicted molar refractivity (Wildman–Crippen MR) is 76.4 cm³/mol. The van der Waals surface area contributed by atoms with E-state index in [1.807, 2.05) is 30.3 Å². The molecule has 0 aliphatic rings. The van der Waals surface area contributed by atoms with Gasteiger partial charge in [-0.15, -0.1) is 0 Å². The van der Waals surface area contributed by atoms with Crippen molar-refractivity contribution in [3.8, 4) is 5.75 Å². The second-order valence-corrected chi connectivity index (χ2v) is 4.24. The Labute approximate surface area is 112 Å². The van der Waals surface area contributed by atoms with Crippen LogP contribution in [-0.4, -0.2) is 32.7 Å². The van der Waals surface area contributed by atoms with Crippen LogP contribution >= 0.6 is 0 Å². The Morgan fingerprint density at radius 1 is 1.16 bits per heavy atom. The minimum atomic E-state index is -0.0235. The molecule has 0 saturated heterocycles. The normalized spacial score (nSPS) is 10.4. The van der Waals surface area contributed by atoms with E-state index in [0.717, 1.165) is 11.1 Å². The molecule has 2 aromatic carbocycles. The van der Waals surface area contributed by atoms with Gasteiger partial charge < -0.3 is 15.4 Å². The minimum absolute atomic E-state index is 0.0235. The molecule has 2 N–H and O–H groups in total. The number of hydrogen-bond donors (Lipinski definition) is 2. The van der Waals surface area contributed by atoms with Crippen molar-refractivity contribution < 1.29 is 9.53 Å². The Bertz CT molecular complexity index is 555. The molecular formula is C15H18N2O2. The fourth-order valence-electron chi connectivity index (χ4n) is 1.84. The van der Waals surface area contributed by atoms with Gasteiger partial charge in [0.25, 0.3) is 0 Å². The van der Waals surface area contributed by atoms with Crippen molar-refractivity contribution in [1.82, 2.24) is 10.6 Å². The third-order valence-corrected chi connectivity index (χ3v) is 2.75. The summed E-state index contributed by atoms with van der Waals surface area (Å²) in [5.74, 6) is 0.797. The molecule has 100 valence electrons. The van der Waals surface area contributed by atoms with Crippen LogP contribution in [0.4, 0.5) is 0 Å². The maximum Gasteiger partial charge on any atom is 0.234 e. The van der Waals surface area contributed by atoms with Gasteiger partial charge in [-0.25, -0.2) is 0 Å². The zero-order valence-corrected chi connectivity index (χ0v) is 11.0. The third kappa shape index (κ3) is 3.96. The highest BCUT2D eigenvalue weighted by atomic mass is 16.5. The molecule has 19 heavy (non-hydrogen) atoms. The van der Waals surface area contributed by atoms with E-state index in [1.54, 1.807) is 7.05 Å². The first kappa shape index (κ1) is 13.4. The quantitative estimate of drug-likeness (QED) is 0.773. The lowest BCUT2D eigenvalue weighted by Gasteiger charge is -2.08. The van der Waals surface area contributed by atoms with E-state index >= 15 is 0 Å². The molecule has 0 unspecified atom stereocenters. The Kier molecular flexibility index (Phi) is 4.75. The molecule has 0 spiro atoms. The lowest BCUT2D eigenvalue weighted by Crippen LogP contribution is -2.34. The number of carbonyl (C=O) groups is 1. The molecule has 2 aromatic rings. The summed E-state index contributed by atoms with van der Waals surface area (Å²) in [6.07, 6.45) is 0. The number of benzene rings is 2. The van der Waals surface area contributed by atoms with Gasteiger partial charge in [0.15, 0.2) is 0 Å². The summed E-state index contributed by atoms with van der Waals surface area (Å²) in [6.45, 7) is 1.30. The Balaban J connectivity index is 1.83. The molecule has 0 saturated carbocycles. The van der Waals surface area contributed by atoms with Crippen LogP contribution in [0.15, 0.2) is 42.5 Å². The number of likely N-dealkylation sites (N-methyl/N-ethyl adjacent to an activating group) is 1. The highest BCUT2D eigenvalue weighted by Gasteiger charge is 1.99. The highest BCUT2D eigenvalue weighted by Crippen LogP contribution is 2.20. The van der Waals surface area contributed by atoms with E-state index in [0.29, 0.717) is 19.7 Å². The van der Waals surface area contributed by atoms with E-state index in [1.165, 1.54) is 5.39 Å². The molecule has 1 amide bonds. The molecule has 4 heteroatoms. The van der Waals surface area contributed by atoms with Crippen molar-refractivity contribution in [1.29, 1.82) is 0 Å². The van der Waals surface area contributed by atoms with Gasteiger partial charge in [0.05, 0.1) is 13.1 Å². The van der Waals surface area contributed by atoms with E-state index in [-0.39, 0.29) is 5.91 Å². The van der Waals surface area contributed by atoms with Gasteiger partial charge in [-0.1, -0.05) is 30.3 Å². The molecule has 0 heterocycles. The molecular weight excluding hydrogens is 240 g/mol.